The van der Waals surface area contributed by atoms with Gasteiger partial charge in [-0.2, -0.15) is 0 Å². The van der Waals surface area contributed by atoms with Crippen molar-refractivity contribution < 1.29 is 4.79 Å². The smallest absolute Gasteiger partial charge is 0.272 e. The highest BCUT2D eigenvalue weighted by Gasteiger charge is 2.19. The standard InChI is InChI=1S/C18H17IN2O/c1-3-21-16-7-5-4-6-15(16)12(2)17(21)18(22)20-14-10-8-13(19)9-11-14/h4-11H,3H2,1-2H3,(H,20,22). The molecule has 0 saturated carbocycles. The third-order valence-electron chi connectivity index (χ3n) is 3.86. The van der Waals surface area contributed by atoms with E-state index >= 15 is 0 Å². The fourth-order valence-electron chi connectivity index (χ4n) is 2.82. The summed E-state index contributed by atoms with van der Waals surface area (Å²) < 4.78 is 3.22. The first-order valence-corrected chi connectivity index (χ1v) is 8.34. The van der Waals surface area contributed by atoms with Gasteiger partial charge in [-0.25, -0.2) is 0 Å². The second-order valence-electron chi connectivity index (χ2n) is 5.20. The lowest BCUT2D eigenvalue weighted by Crippen LogP contribution is -2.17. The summed E-state index contributed by atoms with van der Waals surface area (Å²) >= 11 is 2.25. The molecule has 112 valence electrons. The normalized spacial score (nSPS) is 10.9. The van der Waals surface area contributed by atoms with E-state index < -0.39 is 0 Å². The van der Waals surface area contributed by atoms with Gasteiger partial charge >= 0.3 is 0 Å². The molecule has 22 heavy (non-hydrogen) atoms. The van der Waals surface area contributed by atoms with Crippen molar-refractivity contribution in [3.05, 3.63) is 63.4 Å². The number of carbonyl (C=O) groups excluding carboxylic acids is 1. The second kappa shape index (κ2) is 6.12. The van der Waals surface area contributed by atoms with Crippen molar-refractivity contribution in [1.29, 1.82) is 0 Å². The lowest BCUT2D eigenvalue weighted by Gasteiger charge is -2.10. The summed E-state index contributed by atoms with van der Waals surface area (Å²) in [6, 6.07) is 16.0. The van der Waals surface area contributed by atoms with Crippen molar-refractivity contribution in [2.75, 3.05) is 5.32 Å². The van der Waals surface area contributed by atoms with Crippen molar-refractivity contribution in [2.24, 2.45) is 0 Å². The van der Waals surface area contributed by atoms with Gasteiger partial charge in [-0.3, -0.25) is 4.79 Å². The van der Waals surface area contributed by atoms with E-state index in [1.165, 1.54) is 0 Å². The Morgan fingerprint density at radius 3 is 2.50 bits per heavy atom. The SMILES string of the molecule is CCn1c(C(=O)Nc2ccc(I)cc2)c(C)c2ccccc21. The van der Waals surface area contributed by atoms with Crippen LogP contribution in [0.25, 0.3) is 10.9 Å². The van der Waals surface area contributed by atoms with Crippen LogP contribution < -0.4 is 5.32 Å². The van der Waals surface area contributed by atoms with E-state index in [0.717, 1.165) is 38.0 Å². The maximum absolute atomic E-state index is 12.7. The Balaban J connectivity index is 2.03. The maximum Gasteiger partial charge on any atom is 0.272 e. The Bertz CT molecular complexity index is 834. The van der Waals surface area contributed by atoms with Crippen LogP contribution in [0.5, 0.6) is 0 Å². The fourth-order valence-corrected chi connectivity index (χ4v) is 3.18. The number of rotatable bonds is 3. The number of fused-ring (bicyclic) bond motifs is 1. The third kappa shape index (κ3) is 2.63. The van der Waals surface area contributed by atoms with Crippen LogP contribution in [0.3, 0.4) is 0 Å². The van der Waals surface area contributed by atoms with E-state index in [9.17, 15) is 4.79 Å². The van der Waals surface area contributed by atoms with Crippen LogP contribution in [0.1, 0.15) is 23.0 Å². The Kier molecular flexibility index (Phi) is 4.20. The zero-order valence-electron chi connectivity index (χ0n) is 12.6. The number of benzene rings is 2. The molecular weight excluding hydrogens is 387 g/mol. The van der Waals surface area contributed by atoms with Crippen LogP contribution in [-0.2, 0) is 6.54 Å². The Morgan fingerprint density at radius 2 is 1.82 bits per heavy atom. The number of para-hydroxylation sites is 1. The summed E-state index contributed by atoms with van der Waals surface area (Å²) in [5.41, 5.74) is 3.69. The highest BCUT2D eigenvalue weighted by Crippen LogP contribution is 2.26. The molecule has 1 aromatic heterocycles. The first-order valence-electron chi connectivity index (χ1n) is 7.26. The zero-order chi connectivity index (χ0) is 15.7. The average Bonchev–Trinajstić information content (AvgIpc) is 2.82. The Labute approximate surface area is 143 Å². The van der Waals surface area contributed by atoms with Gasteiger partial charge in [0, 0.05) is 26.7 Å². The van der Waals surface area contributed by atoms with E-state index in [-0.39, 0.29) is 5.91 Å². The van der Waals surface area contributed by atoms with E-state index in [0.29, 0.717) is 0 Å². The number of aryl methyl sites for hydroxylation is 2. The van der Waals surface area contributed by atoms with Gasteiger partial charge in [-0.15, -0.1) is 0 Å². The van der Waals surface area contributed by atoms with Crippen molar-refractivity contribution >= 4 is 45.1 Å². The molecule has 1 N–H and O–H groups in total. The quantitative estimate of drug-likeness (QED) is 0.624. The van der Waals surface area contributed by atoms with Gasteiger partial charge in [0.2, 0.25) is 0 Å². The van der Waals surface area contributed by atoms with Gasteiger partial charge in [0.05, 0.1) is 0 Å². The minimum atomic E-state index is -0.0586. The van der Waals surface area contributed by atoms with Gasteiger partial charge < -0.3 is 9.88 Å². The molecule has 3 nitrogen and oxygen atoms in total. The molecule has 1 heterocycles. The minimum absolute atomic E-state index is 0.0586. The molecule has 2 aromatic carbocycles. The molecule has 0 aliphatic carbocycles. The highest BCUT2D eigenvalue weighted by atomic mass is 127. The van der Waals surface area contributed by atoms with Crippen LogP contribution >= 0.6 is 22.6 Å². The lowest BCUT2D eigenvalue weighted by molar-refractivity contribution is 0.101. The van der Waals surface area contributed by atoms with Crippen molar-refractivity contribution in [1.82, 2.24) is 4.57 Å². The van der Waals surface area contributed by atoms with Crippen LogP contribution in [0.2, 0.25) is 0 Å². The molecule has 3 aromatic rings. The molecule has 1 amide bonds. The summed E-state index contributed by atoms with van der Waals surface area (Å²) in [5.74, 6) is -0.0586. The van der Waals surface area contributed by atoms with Crippen molar-refractivity contribution in [3.63, 3.8) is 0 Å². The Hall–Kier alpha value is -1.82. The molecule has 3 rings (SSSR count). The summed E-state index contributed by atoms with van der Waals surface area (Å²) in [6.45, 7) is 4.84. The van der Waals surface area contributed by atoms with Crippen LogP contribution in [-0.4, -0.2) is 10.5 Å². The highest BCUT2D eigenvalue weighted by molar-refractivity contribution is 14.1. The van der Waals surface area contributed by atoms with E-state index in [2.05, 4.69) is 51.5 Å². The van der Waals surface area contributed by atoms with Crippen molar-refractivity contribution in [3.8, 4) is 0 Å². The lowest BCUT2D eigenvalue weighted by atomic mass is 10.1. The number of anilines is 1. The fraction of sp³-hybridized carbons (Fsp3) is 0.167. The van der Waals surface area contributed by atoms with Crippen LogP contribution in [0.4, 0.5) is 5.69 Å². The average molecular weight is 404 g/mol. The predicted octanol–water partition coefficient (Wildman–Crippen LogP) is 4.83. The van der Waals surface area contributed by atoms with E-state index in [4.69, 9.17) is 0 Å². The molecule has 0 saturated heterocycles. The summed E-state index contributed by atoms with van der Waals surface area (Å²) in [4.78, 5) is 12.7. The van der Waals surface area contributed by atoms with E-state index in [1.54, 1.807) is 0 Å². The largest absolute Gasteiger partial charge is 0.337 e. The van der Waals surface area contributed by atoms with Crippen molar-refractivity contribution in [2.45, 2.75) is 20.4 Å². The molecule has 4 heteroatoms. The number of carbonyl (C=O) groups is 1. The molecule has 0 bridgehead atoms. The minimum Gasteiger partial charge on any atom is -0.337 e. The zero-order valence-corrected chi connectivity index (χ0v) is 14.7. The van der Waals surface area contributed by atoms with Gasteiger partial charge in [0.25, 0.3) is 5.91 Å². The molecule has 0 unspecified atom stereocenters. The maximum atomic E-state index is 12.7. The molecule has 0 atom stereocenters. The number of hydrogen-bond acceptors (Lipinski definition) is 1. The number of nitrogens with zero attached hydrogens (tertiary/aromatic N) is 1. The number of hydrogen-bond donors (Lipinski definition) is 1. The van der Waals surface area contributed by atoms with Gasteiger partial charge in [-0.1, -0.05) is 18.2 Å². The van der Waals surface area contributed by atoms with Gasteiger partial charge in [0.15, 0.2) is 0 Å². The predicted molar refractivity (Wildman–Crippen MR) is 99.5 cm³/mol. The number of nitrogens with one attached hydrogen (secondary N) is 1. The summed E-state index contributed by atoms with van der Waals surface area (Å²) in [7, 11) is 0. The molecule has 0 spiro atoms. The van der Waals surface area contributed by atoms with Gasteiger partial charge in [0.1, 0.15) is 5.69 Å². The summed E-state index contributed by atoms with van der Waals surface area (Å²) in [6.07, 6.45) is 0. The van der Waals surface area contributed by atoms with E-state index in [1.807, 2.05) is 43.3 Å². The third-order valence-corrected chi connectivity index (χ3v) is 4.58. The molecule has 0 fully saturated rings. The Morgan fingerprint density at radius 1 is 1.14 bits per heavy atom. The topological polar surface area (TPSA) is 34.0 Å². The number of halogens is 1. The summed E-state index contributed by atoms with van der Waals surface area (Å²) in [5, 5.41) is 4.14. The first-order chi connectivity index (χ1) is 10.6. The van der Waals surface area contributed by atoms with Gasteiger partial charge in [-0.05, 0) is 72.3 Å². The molecule has 0 aliphatic rings. The number of amides is 1. The van der Waals surface area contributed by atoms with Crippen LogP contribution in [0, 0.1) is 10.5 Å². The second-order valence-corrected chi connectivity index (χ2v) is 6.44. The monoisotopic (exact) mass is 404 g/mol. The van der Waals surface area contributed by atoms with Crippen LogP contribution in [0.15, 0.2) is 48.5 Å². The molecule has 0 aliphatic heterocycles. The molecular formula is C18H17IN2O. The molecule has 0 radical (unpaired) electrons. The number of aromatic nitrogens is 1. The first kappa shape index (κ1) is 15.1.